The fourth-order valence-electron chi connectivity index (χ4n) is 1.25. The van der Waals surface area contributed by atoms with Gasteiger partial charge in [-0.1, -0.05) is 25.5 Å². The minimum atomic E-state index is 0.903. The molecule has 0 N–H and O–H groups in total. The van der Waals surface area contributed by atoms with Crippen molar-refractivity contribution < 1.29 is 0 Å². The summed E-state index contributed by atoms with van der Waals surface area (Å²) in [4.78, 5) is 0. The van der Waals surface area contributed by atoms with E-state index in [1.54, 1.807) is 0 Å². The summed E-state index contributed by atoms with van der Waals surface area (Å²) in [5, 5.41) is 0. The van der Waals surface area contributed by atoms with Gasteiger partial charge in [0, 0.05) is 0 Å². The van der Waals surface area contributed by atoms with Crippen LogP contribution in [0.1, 0.15) is 32.6 Å². The van der Waals surface area contributed by atoms with E-state index >= 15 is 0 Å². The van der Waals surface area contributed by atoms with Gasteiger partial charge in [-0.2, -0.15) is 0 Å². The molecule has 0 heteroatoms. The third kappa shape index (κ3) is 0.936. The van der Waals surface area contributed by atoms with E-state index in [0.717, 1.165) is 5.92 Å². The molecule has 0 aliphatic heterocycles. The molecule has 1 aliphatic rings. The Labute approximate surface area is 51.6 Å². The van der Waals surface area contributed by atoms with E-state index in [1.165, 1.54) is 31.3 Å². The largest absolute Gasteiger partial charge is 0.0996 e. The van der Waals surface area contributed by atoms with Crippen LogP contribution >= 0.6 is 0 Å². The predicted molar refractivity (Wildman–Crippen MR) is 36.8 cm³/mol. The summed E-state index contributed by atoms with van der Waals surface area (Å²) in [5.74, 6) is 0.903. The molecule has 0 aromatic heterocycles. The molecule has 0 aromatic rings. The van der Waals surface area contributed by atoms with E-state index in [9.17, 15) is 0 Å². The lowest BCUT2D eigenvalue weighted by atomic mass is 9.78. The Hall–Kier alpha value is -0.260. The van der Waals surface area contributed by atoms with Crippen LogP contribution in [0, 0.1) is 5.92 Å². The first-order valence-corrected chi connectivity index (χ1v) is 3.52. The smallest absolute Gasteiger partial charge is 0.0203 e. The SMILES string of the molecule is C=C1CCC1CCC. The highest BCUT2D eigenvalue weighted by Gasteiger charge is 2.19. The van der Waals surface area contributed by atoms with Crippen molar-refractivity contribution in [2.75, 3.05) is 0 Å². The maximum atomic E-state index is 3.96. The fraction of sp³-hybridized carbons (Fsp3) is 0.750. The molecule has 1 aliphatic carbocycles. The first-order chi connectivity index (χ1) is 3.84. The van der Waals surface area contributed by atoms with Gasteiger partial charge in [-0.15, -0.1) is 0 Å². The van der Waals surface area contributed by atoms with Gasteiger partial charge >= 0.3 is 0 Å². The van der Waals surface area contributed by atoms with Gasteiger partial charge < -0.3 is 0 Å². The Kier molecular flexibility index (Phi) is 1.72. The molecule has 1 saturated carbocycles. The first kappa shape index (κ1) is 5.87. The van der Waals surface area contributed by atoms with Crippen LogP contribution in [0.5, 0.6) is 0 Å². The van der Waals surface area contributed by atoms with Gasteiger partial charge in [0.25, 0.3) is 0 Å². The maximum Gasteiger partial charge on any atom is -0.0203 e. The van der Waals surface area contributed by atoms with E-state index in [4.69, 9.17) is 0 Å². The number of hydrogen-bond donors (Lipinski definition) is 0. The Morgan fingerprint density at radius 3 is 2.62 bits per heavy atom. The third-order valence-corrected chi connectivity index (χ3v) is 2.03. The lowest BCUT2D eigenvalue weighted by Gasteiger charge is -2.28. The number of rotatable bonds is 2. The summed E-state index contributed by atoms with van der Waals surface area (Å²) < 4.78 is 0. The van der Waals surface area contributed by atoms with Crippen molar-refractivity contribution in [3.63, 3.8) is 0 Å². The average molecular weight is 110 g/mol. The maximum absolute atomic E-state index is 3.96. The lowest BCUT2D eigenvalue weighted by Crippen LogP contribution is -2.13. The van der Waals surface area contributed by atoms with Crippen LogP contribution in [0.4, 0.5) is 0 Å². The normalized spacial score (nSPS) is 27.6. The van der Waals surface area contributed by atoms with E-state index in [0.29, 0.717) is 0 Å². The van der Waals surface area contributed by atoms with Gasteiger partial charge in [-0.25, -0.2) is 0 Å². The number of hydrogen-bond acceptors (Lipinski definition) is 0. The van der Waals surface area contributed by atoms with Gasteiger partial charge in [0.05, 0.1) is 0 Å². The van der Waals surface area contributed by atoms with Crippen molar-refractivity contribution in [3.05, 3.63) is 12.2 Å². The molecule has 0 saturated heterocycles. The molecular formula is C8H14. The molecule has 0 heterocycles. The summed E-state index contributed by atoms with van der Waals surface area (Å²) in [5.41, 5.74) is 1.49. The molecule has 0 amide bonds. The minimum Gasteiger partial charge on any atom is -0.0996 e. The number of allylic oxidation sites excluding steroid dienone is 1. The van der Waals surface area contributed by atoms with Crippen LogP contribution in [0.25, 0.3) is 0 Å². The van der Waals surface area contributed by atoms with Crippen molar-refractivity contribution in [1.82, 2.24) is 0 Å². The molecular weight excluding hydrogens is 96.1 g/mol. The monoisotopic (exact) mass is 110 g/mol. The van der Waals surface area contributed by atoms with Crippen LogP contribution in [-0.4, -0.2) is 0 Å². The highest BCUT2D eigenvalue weighted by Crippen LogP contribution is 2.34. The van der Waals surface area contributed by atoms with E-state index in [1.807, 2.05) is 0 Å². The van der Waals surface area contributed by atoms with Crippen LogP contribution in [-0.2, 0) is 0 Å². The second-order valence-electron chi connectivity index (χ2n) is 2.68. The van der Waals surface area contributed by atoms with Crippen LogP contribution in [0.2, 0.25) is 0 Å². The Balaban J connectivity index is 2.17. The highest BCUT2D eigenvalue weighted by atomic mass is 14.2. The topological polar surface area (TPSA) is 0 Å². The minimum absolute atomic E-state index is 0.903. The van der Waals surface area contributed by atoms with Crippen molar-refractivity contribution in [2.24, 2.45) is 5.92 Å². The van der Waals surface area contributed by atoms with E-state index in [-0.39, 0.29) is 0 Å². The average Bonchev–Trinajstić information content (AvgIpc) is 1.79. The third-order valence-electron chi connectivity index (χ3n) is 2.03. The van der Waals surface area contributed by atoms with Crippen LogP contribution < -0.4 is 0 Å². The molecule has 1 atom stereocenters. The van der Waals surface area contributed by atoms with Crippen molar-refractivity contribution in [1.29, 1.82) is 0 Å². The fourth-order valence-corrected chi connectivity index (χ4v) is 1.25. The zero-order valence-electron chi connectivity index (χ0n) is 5.61. The Bertz CT molecular complexity index is 92.2. The summed E-state index contributed by atoms with van der Waals surface area (Å²) in [6.07, 6.45) is 5.40. The quantitative estimate of drug-likeness (QED) is 0.479. The second-order valence-corrected chi connectivity index (χ2v) is 2.68. The molecule has 1 unspecified atom stereocenters. The second kappa shape index (κ2) is 2.34. The van der Waals surface area contributed by atoms with Gasteiger partial charge in [0.2, 0.25) is 0 Å². The molecule has 0 spiro atoms. The van der Waals surface area contributed by atoms with E-state index < -0.39 is 0 Å². The van der Waals surface area contributed by atoms with Gasteiger partial charge in [0.15, 0.2) is 0 Å². The molecule has 0 nitrogen and oxygen atoms in total. The first-order valence-electron chi connectivity index (χ1n) is 3.52. The zero-order valence-corrected chi connectivity index (χ0v) is 5.61. The zero-order chi connectivity index (χ0) is 5.98. The van der Waals surface area contributed by atoms with Crippen molar-refractivity contribution >= 4 is 0 Å². The molecule has 0 aromatic carbocycles. The van der Waals surface area contributed by atoms with Gasteiger partial charge in [-0.3, -0.25) is 0 Å². The van der Waals surface area contributed by atoms with Gasteiger partial charge in [0.1, 0.15) is 0 Å². The van der Waals surface area contributed by atoms with E-state index in [2.05, 4.69) is 13.5 Å². The molecule has 0 radical (unpaired) electrons. The Morgan fingerprint density at radius 1 is 1.75 bits per heavy atom. The summed E-state index contributed by atoms with van der Waals surface area (Å²) in [7, 11) is 0. The predicted octanol–water partition coefficient (Wildman–Crippen LogP) is 2.75. The molecule has 1 rings (SSSR count). The summed E-state index contributed by atoms with van der Waals surface area (Å²) in [6.45, 7) is 6.20. The van der Waals surface area contributed by atoms with Crippen molar-refractivity contribution in [2.45, 2.75) is 32.6 Å². The molecule has 8 heavy (non-hydrogen) atoms. The lowest BCUT2D eigenvalue weighted by molar-refractivity contribution is 0.412. The van der Waals surface area contributed by atoms with Crippen LogP contribution in [0.15, 0.2) is 12.2 Å². The molecule has 0 bridgehead atoms. The standard InChI is InChI=1S/C8H14/c1-3-4-8-6-5-7(8)2/h8H,2-6H2,1H3. The van der Waals surface area contributed by atoms with Crippen molar-refractivity contribution in [3.8, 4) is 0 Å². The van der Waals surface area contributed by atoms with Crippen LogP contribution in [0.3, 0.4) is 0 Å². The summed E-state index contributed by atoms with van der Waals surface area (Å²) >= 11 is 0. The Morgan fingerprint density at radius 2 is 2.50 bits per heavy atom. The van der Waals surface area contributed by atoms with Gasteiger partial charge in [-0.05, 0) is 25.2 Å². The highest BCUT2D eigenvalue weighted by molar-refractivity contribution is 5.09. The molecule has 1 fully saturated rings. The molecule has 46 valence electrons. The summed E-state index contributed by atoms with van der Waals surface area (Å²) in [6, 6.07) is 0.